The van der Waals surface area contributed by atoms with E-state index < -0.39 is 0 Å². The van der Waals surface area contributed by atoms with Crippen molar-refractivity contribution in [2.24, 2.45) is 0 Å². The first kappa shape index (κ1) is 12.9. The molecule has 0 saturated carbocycles. The smallest absolute Gasteiger partial charge is 0.148 e. The molecule has 0 aromatic heterocycles. The summed E-state index contributed by atoms with van der Waals surface area (Å²) in [5.74, 6) is -0.381. The number of nitrogens with two attached hydrogens (primary N) is 1. The Kier molecular flexibility index (Phi) is 3.87. The van der Waals surface area contributed by atoms with Crippen molar-refractivity contribution in [3.63, 3.8) is 0 Å². The topological polar surface area (TPSA) is 29.3 Å². The van der Waals surface area contributed by atoms with Gasteiger partial charge in [0, 0.05) is 23.8 Å². The highest BCUT2D eigenvalue weighted by Gasteiger charge is 2.05. The summed E-state index contributed by atoms with van der Waals surface area (Å²) < 4.78 is 14.4. The number of hydrogen-bond acceptors (Lipinski definition) is 2. The second-order valence-electron chi connectivity index (χ2n) is 4.19. The molecular weight excluding hydrogens is 295 g/mol. The molecule has 0 spiro atoms. The third kappa shape index (κ3) is 3.01. The van der Waals surface area contributed by atoms with Gasteiger partial charge in [0.15, 0.2) is 0 Å². The van der Waals surface area contributed by atoms with Crippen molar-refractivity contribution in [2.75, 3.05) is 17.7 Å². The van der Waals surface area contributed by atoms with Gasteiger partial charge in [-0.1, -0.05) is 28.1 Å². The zero-order valence-electron chi connectivity index (χ0n) is 10.0. The fourth-order valence-electron chi connectivity index (χ4n) is 1.75. The van der Waals surface area contributed by atoms with Crippen LogP contribution in [0.5, 0.6) is 0 Å². The number of halogens is 2. The Morgan fingerprint density at radius 1 is 1.22 bits per heavy atom. The summed E-state index contributed by atoms with van der Waals surface area (Å²) in [4.78, 5) is 1.98. The fraction of sp³-hybridized carbons (Fsp3) is 0.143. The average Bonchev–Trinajstić information content (AvgIpc) is 2.32. The third-order valence-electron chi connectivity index (χ3n) is 2.73. The van der Waals surface area contributed by atoms with Crippen molar-refractivity contribution in [2.45, 2.75) is 6.54 Å². The average molecular weight is 309 g/mol. The first-order valence-corrected chi connectivity index (χ1v) is 6.36. The molecule has 2 aromatic carbocycles. The van der Waals surface area contributed by atoms with Crippen LogP contribution in [0.4, 0.5) is 15.8 Å². The molecule has 0 fully saturated rings. The maximum atomic E-state index is 13.4. The van der Waals surface area contributed by atoms with Gasteiger partial charge in [0.1, 0.15) is 5.82 Å². The minimum absolute atomic E-state index is 0.176. The quantitative estimate of drug-likeness (QED) is 0.874. The van der Waals surface area contributed by atoms with Crippen molar-refractivity contribution < 1.29 is 4.39 Å². The number of hydrogen-bond donors (Lipinski definition) is 1. The highest BCUT2D eigenvalue weighted by Crippen LogP contribution is 2.21. The summed E-state index contributed by atoms with van der Waals surface area (Å²) in [5.41, 5.74) is 7.60. The molecule has 4 heteroatoms. The van der Waals surface area contributed by atoms with Crippen LogP contribution in [0.1, 0.15) is 5.56 Å². The second-order valence-corrected chi connectivity index (χ2v) is 5.11. The Morgan fingerprint density at radius 3 is 2.67 bits per heavy atom. The van der Waals surface area contributed by atoms with Gasteiger partial charge in [0.2, 0.25) is 0 Å². The lowest BCUT2D eigenvalue weighted by atomic mass is 10.2. The summed E-state index contributed by atoms with van der Waals surface area (Å²) >= 11 is 3.43. The van der Waals surface area contributed by atoms with Gasteiger partial charge >= 0.3 is 0 Å². The monoisotopic (exact) mass is 308 g/mol. The third-order valence-corrected chi connectivity index (χ3v) is 3.23. The maximum absolute atomic E-state index is 13.4. The molecule has 0 saturated heterocycles. The lowest BCUT2D eigenvalue weighted by Crippen LogP contribution is -2.16. The largest absolute Gasteiger partial charge is 0.396 e. The van der Waals surface area contributed by atoms with Gasteiger partial charge in [-0.3, -0.25) is 0 Å². The zero-order valence-corrected chi connectivity index (χ0v) is 11.6. The predicted molar refractivity (Wildman–Crippen MR) is 77.1 cm³/mol. The van der Waals surface area contributed by atoms with Gasteiger partial charge in [-0.2, -0.15) is 0 Å². The number of benzene rings is 2. The summed E-state index contributed by atoms with van der Waals surface area (Å²) in [7, 11) is 1.92. The van der Waals surface area contributed by atoms with Crippen LogP contribution in [-0.2, 0) is 6.54 Å². The van der Waals surface area contributed by atoms with Crippen LogP contribution in [0, 0.1) is 5.82 Å². The molecular formula is C14H14BrFN2. The summed E-state index contributed by atoms with van der Waals surface area (Å²) in [5, 5.41) is 0. The molecule has 2 nitrogen and oxygen atoms in total. The van der Waals surface area contributed by atoms with Crippen molar-refractivity contribution in [1.82, 2.24) is 0 Å². The van der Waals surface area contributed by atoms with E-state index in [1.807, 2.05) is 42.3 Å². The van der Waals surface area contributed by atoms with Gasteiger partial charge in [-0.15, -0.1) is 0 Å². The summed E-state index contributed by atoms with van der Waals surface area (Å²) in [6.07, 6.45) is 0. The Bertz CT molecular complexity index is 557. The van der Waals surface area contributed by atoms with Gasteiger partial charge in [0.05, 0.1) is 5.69 Å². The highest BCUT2D eigenvalue weighted by molar-refractivity contribution is 9.10. The minimum Gasteiger partial charge on any atom is -0.396 e. The van der Waals surface area contributed by atoms with E-state index in [0.717, 1.165) is 15.7 Å². The van der Waals surface area contributed by atoms with E-state index in [2.05, 4.69) is 15.9 Å². The van der Waals surface area contributed by atoms with Crippen molar-refractivity contribution in [3.05, 3.63) is 58.3 Å². The molecule has 0 radical (unpaired) electrons. The standard InChI is InChI=1S/C14H14BrFN2/c1-18(9-10-3-2-4-11(15)7-10)12-5-6-14(17)13(16)8-12/h2-8H,9,17H2,1H3. The number of rotatable bonds is 3. The van der Waals surface area contributed by atoms with Gasteiger partial charge < -0.3 is 10.6 Å². The number of nitrogen functional groups attached to an aromatic ring is 1. The molecule has 0 aliphatic carbocycles. The lowest BCUT2D eigenvalue weighted by Gasteiger charge is -2.20. The minimum atomic E-state index is -0.381. The number of nitrogens with zero attached hydrogens (tertiary/aromatic N) is 1. The van der Waals surface area contributed by atoms with E-state index in [1.165, 1.54) is 6.07 Å². The van der Waals surface area contributed by atoms with E-state index in [0.29, 0.717) is 6.54 Å². The first-order valence-electron chi connectivity index (χ1n) is 5.57. The predicted octanol–water partition coefficient (Wildman–Crippen LogP) is 3.81. The molecule has 2 rings (SSSR count). The normalized spacial score (nSPS) is 10.4. The summed E-state index contributed by atoms with van der Waals surface area (Å²) in [6.45, 7) is 0.711. The Hall–Kier alpha value is -1.55. The maximum Gasteiger partial charge on any atom is 0.148 e. The van der Waals surface area contributed by atoms with Crippen LogP contribution in [0.15, 0.2) is 46.9 Å². The molecule has 2 aromatic rings. The van der Waals surface area contributed by atoms with Crippen LogP contribution < -0.4 is 10.6 Å². The molecule has 0 amide bonds. The van der Waals surface area contributed by atoms with Gasteiger partial charge in [0.25, 0.3) is 0 Å². The Balaban J connectivity index is 2.16. The van der Waals surface area contributed by atoms with E-state index in [9.17, 15) is 4.39 Å². The molecule has 0 aliphatic heterocycles. The van der Waals surface area contributed by atoms with E-state index in [4.69, 9.17) is 5.73 Å². The molecule has 0 bridgehead atoms. The number of anilines is 2. The SMILES string of the molecule is CN(Cc1cccc(Br)c1)c1ccc(N)c(F)c1. The molecule has 94 valence electrons. The lowest BCUT2D eigenvalue weighted by molar-refractivity contribution is 0.632. The molecule has 0 heterocycles. The molecule has 18 heavy (non-hydrogen) atoms. The molecule has 0 unspecified atom stereocenters. The zero-order chi connectivity index (χ0) is 13.1. The highest BCUT2D eigenvalue weighted by atomic mass is 79.9. The molecule has 0 aliphatic rings. The van der Waals surface area contributed by atoms with Crippen molar-refractivity contribution >= 4 is 27.3 Å². The fourth-order valence-corrected chi connectivity index (χ4v) is 2.20. The van der Waals surface area contributed by atoms with Crippen LogP contribution in [-0.4, -0.2) is 7.05 Å². The molecule has 0 atom stereocenters. The Morgan fingerprint density at radius 2 is 2.00 bits per heavy atom. The van der Waals surface area contributed by atoms with E-state index in [1.54, 1.807) is 6.07 Å². The van der Waals surface area contributed by atoms with Crippen LogP contribution in [0.25, 0.3) is 0 Å². The van der Waals surface area contributed by atoms with Crippen LogP contribution >= 0.6 is 15.9 Å². The van der Waals surface area contributed by atoms with E-state index in [-0.39, 0.29) is 11.5 Å². The van der Waals surface area contributed by atoms with E-state index >= 15 is 0 Å². The first-order chi connectivity index (χ1) is 8.56. The van der Waals surface area contributed by atoms with Crippen LogP contribution in [0.2, 0.25) is 0 Å². The van der Waals surface area contributed by atoms with Crippen LogP contribution in [0.3, 0.4) is 0 Å². The second kappa shape index (κ2) is 5.40. The van der Waals surface area contributed by atoms with Gasteiger partial charge in [-0.25, -0.2) is 4.39 Å². The summed E-state index contributed by atoms with van der Waals surface area (Å²) in [6, 6.07) is 12.9. The Labute approximate surface area is 114 Å². The van der Waals surface area contributed by atoms with Gasteiger partial charge in [-0.05, 0) is 35.9 Å². The van der Waals surface area contributed by atoms with Crippen molar-refractivity contribution in [3.8, 4) is 0 Å². The van der Waals surface area contributed by atoms with Crippen molar-refractivity contribution in [1.29, 1.82) is 0 Å². The molecule has 2 N–H and O–H groups in total.